The number of thiophene rings is 2. The Labute approximate surface area is 127 Å². The summed E-state index contributed by atoms with van der Waals surface area (Å²) in [6.45, 7) is 1.92. The highest BCUT2D eigenvalue weighted by Gasteiger charge is 2.29. The lowest BCUT2D eigenvalue weighted by molar-refractivity contribution is 0.248. The largest absolute Gasteiger partial charge is 0.384 e. The van der Waals surface area contributed by atoms with Crippen LogP contribution >= 0.6 is 22.7 Å². The third-order valence-corrected chi connectivity index (χ3v) is 5.06. The number of nitrogens with zero attached hydrogens (tertiary/aromatic N) is 1. The average Bonchev–Trinajstić information content (AvgIpc) is 3.00. The van der Waals surface area contributed by atoms with E-state index in [9.17, 15) is 0 Å². The minimum absolute atomic E-state index is 0.0729. The van der Waals surface area contributed by atoms with Crippen LogP contribution < -0.4 is 0 Å². The molecule has 104 valence electrons. The van der Waals surface area contributed by atoms with Gasteiger partial charge in [0.05, 0.1) is 0 Å². The van der Waals surface area contributed by atoms with Crippen molar-refractivity contribution in [3.63, 3.8) is 0 Å². The Hall–Kier alpha value is -1.12. The highest BCUT2D eigenvalue weighted by atomic mass is 32.1. The molecule has 0 atom stereocenters. The molecule has 0 amide bonds. The van der Waals surface area contributed by atoms with Crippen molar-refractivity contribution in [2.45, 2.75) is 32.0 Å². The van der Waals surface area contributed by atoms with Gasteiger partial charge in [0.15, 0.2) is 0 Å². The molecule has 0 unspecified atom stereocenters. The summed E-state index contributed by atoms with van der Waals surface area (Å²) >= 11 is 3.52. The van der Waals surface area contributed by atoms with Crippen LogP contribution in [0, 0.1) is 11.8 Å². The summed E-state index contributed by atoms with van der Waals surface area (Å²) in [5.41, 5.74) is 2.47. The van der Waals surface area contributed by atoms with Gasteiger partial charge in [0.1, 0.15) is 6.61 Å². The summed E-state index contributed by atoms with van der Waals surface area (Å²) in [4.78, 5) is 3.87. The monoisotopic (exact) mass is 303 g/mol. The predicted molar refractivity (Wildman–Crippen MR) is 84.9 cm³/mol. The van der Waals surface area contributed by atoms with Crippen molar-refractivity contribution in [3.05, 3.63) is 44.3 Å². The summed E-state index contributed by atoms with van der Waals surface area (Å²) in [7, 11) is 0. The Morgan fingerprint density at radius 2 is 2.15 bits per heavy atom. The van der Waals surface area contributed by atoms with E-state index in [0.29, 0.717) is 0 Å². The molecule has 0 aliphatic heterocycles. The zero-order valence-corrected chi connectivity index (χ0v) is 12.8. The maximum Gasteiger partial charge on any atom is 0.104 e. The van der Waals surface area contributed by atoms with Gasteiger partial charge in [-0.2, -0.15) is 11.3 Å². The molecule has 1 N–H and O–H groups in total. The third kappa shape index (κ3) is 3.50. The molecule has 2 aromatic heterocycles. The smallest absolute Gasteiger partial charge is 0.104 e. The van der Waals surface area contributed by atoms with E-state index in [2.05, 4.69) is 45.0 Å². The molecule has 1 saturated carbocycles. The molecule has 2 heterocycles. The third-order valence-electron chi connectivity index (χ3n) is 3.42. The van der Waals surface area contributed by atoms with E-state index in [0.717, 1.165) is 24.7 Å². The molecule has 2 nitrogen and oxygen atoms in total. The second-order valence-electron chi connectivity index (χ2n) is 4.99. The van der Waals surface area contributed by atoms with Crippen molar-refractivity contribution in [2.75, 3.05) is 6.61 Å². The Kier molecular flexibility index (Phi) is 4.54. The van der Waals surface area contributed by atoms with Crippen molar-refractivity contribution in [2.24, 2.45) is 0 Å². The van der Waals surface area contributed by atoms with Crippen LogP contribution in [0.2, 0.25) is 0 Å². The van der Waals surface area contributed by atoms with Gasteiger partial charge in [-0.1, -0.05) is 11.8 Å². The summed E-state index contributed by atoms with van der Waals surface area (Å²) < 4.78 is 0. The first-order chi connectivity index (χ1) is 9.86. The Morgan fingerprint density at radius 3 is 2.85 bits per heavy atom. The molecule has 1 aliphatic rings. The molecule has 0 bridgehead atoms. The molecule has 2 aromatic rings. The highest BCUT2D eigenvalue weighted by Crippen LogP contribution is 2.31. The van der Waals surface area contributed by atoms with Crippen LogP contribution in [-0.2, 0) is 13.1 Å². The topological polar surface area (TPSA) is 23.5 Å². The van der Waals surface area contributed by atoms with Crippen LogP contribution in [-0.4, -0.2) is 22.7 Å². The first-order valence-electron chi connectivity index (χ1n) is 6.78. The molecule has 0 aromatic carbocycles. The number of hydrogen-bond acceptors (Lipinski definition) is 4. The number of hydrogen-bond donors (Lipinski definition) is 1. The van der Waals surface area contributed by atoms with Crippen molar-refractivity contribution in [1.29, 1.82) is 0 Å². The van der Waals surface area contributed by atoms with Crippen LogP contribution in [0.1, 0.15) is 28.8 Å². The van der Waals surface area contributed by atoms with E-state index in [-0.39, 0.29) is 6.61 Å². The molecular weight excluding hydrogens is 286 g/mol. The highest BCUT2D eigenvalue weighted by molar-refractivity contribution is 7.10. The summed E-state index contributed by atoms with van der Waals surface area (Å²) in [5.74, 6) is 5.80. The van der Waals surface area contributed by atoms with Gasteiger partial charge in [-0.15, -0.1) is 11.3 Å². The van der Waals surface area contributed by atoms with Crippen molar-refractivity contribution in [3.8, 4) is 11.8 Å². The average molecular weight is 303 g/mol. The van der Waals surface area contributed by atoms with E-state index in [1.54, 1.807) is 22.7 Å². The molecule has 0 radical (unpaired) electrons. The minimum atomic E-state index is -0.0729. The standard InChI is InChI=1S/C16H17NOS2/c18-7-1-2-14-6-9-20-16(14)11-17(15-3-4-15)10-13-5-8-19-12-13/h5-6,8-9,12,15,18H,3-4,7,10-11H2. The van der Waals surface area contributed by atoms with Gasteiger partial charge < -0.3 is 5.11 Å². The lowest BCUT2D eigenvalue weighted by Crippen LogP contribution is -2.24. The van der Waals surface area contributed by atoms with Crippen LogP contribution in [0.5, 0.6) is 0 Å². The molecule has 0 saturated heterocycles. The zero-order chi connectivity index (χ0) is 13.8. The summed E-state index contributed by atoms with van der Waals surface area (Å²) in [5, 5.41) is 15.3. The van der Waals surface area contributed by atoms with Crippen molar-refractivity contribution in [1.82, 2.24) is 4.90 Å². The maximum absolute atomic E-state index is 8.83. The second kappa shape index (κ2) is 6.55. The number of aliphatic hydroxyl groups is 1. The Morgan fingerprint density at radius 1 is 1.25 bits per heavy atom. The van der Waals surface area contributed by atoms with Crippen molar-refractivity contribution >= 4 is 22.7 Å². The van der Waals surface area contributed by atoms with E-state index >= 15 is 0 Å². The molecule has 0 spiro atoms. The fourth-order valence-corrected chi connectivity index (χ4v) is 3.78. The van der Waals surface area contributed by atoms with Gasteiger partial charge in [0.2, 0.25) is 0 Å². The number of rotatable bonds is 5. The van der Waals surface area contributed by atoms with Gasteiger partial charge in [0, 0.05) is 29.6 Å². The second-order valence-corrected chi connectivity index (χ2v) is 6.77. The van der Waals surface area contributed by atoms with Gasteiger partial charge >= 0.3 is 0 Å². The van der Waals surface area contributed by atoms with Crippen LogP contribution in [0.3, 0.4) is 0 Å². The van der Waals surface area contributed by atoms with E-state index < -0.39 is 0 Å². The molecular formula is C16H17NOS2. The van der Waals surface area contributed by atoms with Crippen molar-refractivity contribution < 1.29 is 5.11 Å². The van der Waals surface area contributed by atoms with E-state index in [1.807, 2.05) is 0 Å². The Bertz CT molecular complexity index is 602. The lowest BCUT2D eigenvalue weighted by Gasteiger charge is -2.21. The summed E-state index contributed by atoms with van der Waals surface area (Å²) in [6, 6.07) is 5.00. The van der Waals surface area contributed by atoms with Crippen LogP contribution in [0.15, 0.2) is 28.3 Å². The normalized spacial score (nSPS) is 14.3. The molecule has 1 aliphatic carbocycles. The zero-order valence-electron chi connectivity index (χ0n) is 11.2. The fraction of sp³-hybridized carbons (Fsp3) is 0.375. The first-order valence-corrected chi connectivity index (χ1v) is 8.60. The van der Waals surface area contributed by atoms with Gasteiger partial charge in [0.25, 0.3) is 0 Å². The van der Waals surface area contributed by atoms with Gasteiger partial charge in [-0.3, -0.25) is 4.90 Å². The first kappa shape index (κ1) is 13.8. The Balaban J connectivity index is 1.72. The molecule has 1 fully saturated rings. The van der Waals surface area contributed by atoms with E-state index in [1.165, 1.54) is 23.3 Å². The summed E-state index contributed by atoms with van der Waals surface area (Å²) in [6.07, 6.45) is 2.63. The van der Waals surface area contributed by atoms with E-state index in [4.69, 9.17) is 5.11 Å². The van der Waals surface area contributed by atoms with Crippen LogP contribution in [0.4, 0.5) is 0 Å². The quantitative estimate of drug-likeness (QED) is 0.857. The van der Waals surface area contributed by atoms with Crippen LogP contribution in [0.25, 0.3) is 0 Å². The van der Waals surface area contributed by atoms with Gasteiger partial charge in [-0.05, 0) is 46.7 Å². The molecule has 20 heavy (non-hydrogen) atoms. The SMILES string of the molecule is OCC#Cc1ccsc1CN(Cc1ccsc1)C1CC1. The number of aliphatic hydroxyl groups excluding tert-OH is 1. The molecule has 3 rings (SSSR count). The lowest BCUT2D eigenvalue weighted by atomic mass is 10.2. The minimum Gasteiger partial charge on any atom is -0.384 e. The maximum atomic E-state index is 8.83. The van der Waals surface area contributed by atoms with Gasteiger partial charge in [-0.25, -0.2) is 0 Å². The fourth-order valence-electron chi connectivity index (χ4n) is 2.26. The predicted octanol–water partition coefficient (Wildman–Crippen LogP) is 3.32. The molecule has 4 heteroatoms.